The van der Waals surface area contributed by atoms with Crippen LogP contribution in [0.4, 0.5) is 17.6 Å². The summed E-state index contributed by atoms with van der Waals surface area (Å²) in [7, 11) is 0. The monoisotopic (exact) mass is 192 g/mol. The summed E-state index contributed by atoms with van der Waals surface area (Å²) in [5, 5.41) is 8.36. The van der Waals surface area contributed by atoms with Gasteiger partial charge in [-0.15, -0.1) is 0 Å². The van der Waals surface area contributed by atoms with Crippen LogP contribution in [0.3, 0.4) is 0 Å². The second-order valence-corrected chi connectivity index (χ2v) is 2.22. The fraction of sp³-hybridized carbons (Fsp3) is 0.125. The molecule has 0 aromatic heterocycles. The van der Waals surface area contributed by atoms with Crippen molar-refractivity contribution in [1.82, 2.24) is 0 Å². The summed E-state index contributed by atoms with van der Waals surface area (Å²) in [6, 6.07) is 1.23. The first-order valence-electron chi connectivity index (χ1n) is 3.63. The molecule has 13 heavy (non-hydrogen) atoms. The molecule has 0 fully saturated rings. The van der Waals surface area contributed by atoms with Crippen molar-refractivity contribution < 1.29 is 18.9 Å². The van der Waals surface area contributed by atoms with E-state index in [2.05, 4.69) is 0 Å². The number of benzene rings is 1. The Morgan fingerprint density at radius 2 is 2.08 bits per heavy atom. The van der Waals surface area contributed by atoms with Gasteiger partial charge >= 0.3 is 6.18 Å². The molecule has 1 aromatic rings. The van der Waals surface area contributed by atoms with Crippen LogP contribution >= 0.6 is 0 Å². The molecule has 1 aromatic carbocycles. The van der Waals surface area contributed by atoms with E-state index in [-0.39, 0.29) is 6.07 Å². The van der Waals surface area contributed by atoms with Crippen molar-refractivity contribution in [2.45, 2.75) is 6.18 Å². The highest BCUT2D eigenvalue weighted by molar-refractivity contribution is 5.39. The van der Waals surface area contributed by atoms with Gasteiger partial charge in [0.1, 0.15) is 5.82 Å². The normalized spacial score (nSPS) is 12.1. The highest BCUT2D eigenvalue weighted by Gasteiger charge is 2.33. The van der Waals surface area contributed by atoms with E-state index in [9.17, 15) is 17.6 Å². The van der Waals surface area contributed by atoms with Gasteiger partial charge in [-0.25, -0.2) is 4.39 Å². The fourth-order valence-electron chi connectivity index (χ4n) is 0.787. The Balaban J connectivity index is 3.50. The van der Waals surface area contributed by atoms with Crippen LogP contribution in [0.2, 0.25) is 0 Å². The van der Waals surface area contributed by atoms with Gasteiger partial charge in [-0.3, -0.25) is 0 Å². The quantitative estimate of drug-likeness (QED) is 0.352. The van der Waals surface area contributed by atoms with Crippen LogP contribution in [-0.4, -0.2) is 0 Å². The standard InChI is InChI=1S/C8H3F4N/c9-6-2-1-5(4-13)7(3-6)8(10,11)12/h1-3H/i1D,4+1,13+1. The van der Waals surface area contributed by atoms with Gasteiger partial charge < -0.3 is 0 Å². The number of hydrogen-bond acceptors (Lipinski definition) is 1. The average molecular weight is 192 g/mol. The topological polar surface area (TPSA) is 23.8 Å². The smallest absolute Gasteiger partial charge is 0.207 e. The first-order chi connectivity index (χ1) is 6.36. The molecule has 0 saturated heterocycles. The number of hydrogen-bond donors (Lipinski definition) is 0. The lowest BCUT2D eigenvalue weighted by atomic mass is 10.1. The van der Waals surface area contributed by atoms with Gasteiger partial charge in [-0.2, -0.15) is 18.4 Å². The Morgan fingerprint density at radius 3 is 2.54 bits per heavy atom. The zero-order valence-electron chi connectivity index (χ0n) is 7.11. The molecule has 0 bridgehead atoms. The predicted molar refractivity (Wildman–Crippen MR) is 36.1 cm³/mol. The van der Waals surface area contributed by atoms with E-state index in [1.54, 1.807) is 0 Å². The molecule has 68 valence electrons. The van der Waals surface area contributed by atoms with Crippen LogP contribution in [0.25, 0.3) is 0 Å². The van der Waals surface area contributed by atoms with E-state index in [4.69, 9.17) is 6.63 Å². The zero-order valence-corrected chi connectivity index (χ0v) is 6.11. The molecule has 0 saturated carbocycles. The third-order valence-electron chi connectivity index (χ3n) is 1.32. The predicted octanol–water partition coefficient (Wildman–Crippen LogP) is 2.72. The van der Waals surface area contributed by atoms with Crippen molar-refractivity contribution in [3.05, 3.63) is 35.1 Å². The molecule has 0 spiro atoms. The molecule has 0 aliphatic carbocycles. The van der Waals surface area contributed by atoms with E-state index >= 15 is 0 Å². The summed E-state index contributed by atoms with van der Waals surface area (Å²) in [5.41, 5.74) is -2.27. The first kappa shape index (κ1) is 8.05. The molecule has 0 heterocycles. The molecule has 0 amide bonds. The van der Waals surface area contributed by atoms with Crippen LogP contribution in [-0.2, 0) is 6.18 Å². The maximum Gasteiger partial charge on any atom is 0.417 e. The number of nitriles is 1. The van der Waals surface area contributed by atoms with Crippen molar-refractivity contribution in [2.75, 3.05) is 0 Å². The summed E-state index contributed by atoms with van der Waals surface area (Å²) in [6.45, 7) is 0. The number of nitrogens with zero attached hydrogens (tertiary/aromatic N) is 1. The maximum absolute atomic E-state index is 12.5. The van der Waals surface area contributed by atoms with Gasteiger partial charge in [0.25, 0.3) is 0 Å². The summed E-state index contributed by atoms with van der Waals surface area (Å²) in [5.74, 6) is -1.18. The van der Waals surface area contributed by atoms with E-state index in [0.717, 1.165) is 0 Å². The minimum absolute atomic E-state index is 0.205. The van der Waals surface area contributed by atoms with Crippen LogP contribution in [0.15, 0.2) is 18.2 Å². The molecule has 0 unspecified atom stereocenters. The molecule has 0 radical (unpaired) electrons. The van der Waals surface area contributed by atoms with Crippen molar-refractivity contribution in [3.8, 4) is 6.07 Å². The highest BCUT2D eigenvalue weighted by Crippen LogP contribution is 2.31. The largest absolute Gasteiger partial charge is 0.417 e. The van der Waals surface area contributed by atoms with Gasteiger partial charge in [0, 0.05) is 0 Å². The second-order valence-electron chi connectivity index (χ2n) is 2.22. The van der Waals surface area contributed by atoms with Crippen LogP contribution in [0, 0.1) is 17.1 Å². The van der Waals surface area contributed by atoms with Crippen LogP contribution < -0.4 is 0 Å². The summed E-state index contributed by atoms with van der Waals surface area (Å²) in [4.78, 5) is 0. The van der Waals surface area contributed by atoms with Crippen LogP contribution in [0.5, 0.6) is 0 Å². The van der Waals surface area contributed by atoms with Gasteiger partial charge in [-0.1, -0.05) is 0 Å². The molecule has 0 atom stereocenters. The molecular formula is C8H3F4N. The Labute approximate surface area is 72.6 Å². The molecular weight excluding hydrogens is 188 g/mol. The molecule has 0 N–H and O–H groups in total. The summed E-state index contributed by atoms with van der Waals surface area (Å²) >= 11 is 0. The molecule has 5 heteroatoms. The van der Waals surface area contributed by atoms with Crippen LogP contribution in [0.1, 0.15) is 12.5 Å². The lowest BCUT2D eigenvalue weighted by molar-refractivity contribution is -0.138. The lowest BCUT2D eigenvalue weighted by Crippen LogP contribution is -2.08. The Bertz CT molecular complexity index is 405. The van der Waals surface area contributed by atoms with Gasteiger partial charge in [0.2, 0.25) is 0 Å². The molecule has 0 aliphatic heterocycles. The molecule has 1 rings (SSSR count). The number of alkyl halides is 3. The Kier molecular flexibility index (Phi) is 1.89. The average Bonchev–Trinajstić information content (AvgIpc) is 2.01. The van der Waals surface area contributed by atoms with Crippen molar-refractivity contribution in [3.63, 3.8) is 0 Å². The SMILES string of the molecule is [2H]c1cc(F)cc(C(F)(F)F)c1[13C]#[15N]. The lowest BCUT2D eigenvalue weighted by Gasteiger charge is -2.07. The van der Waals surface area contributed by atoms with Gasteiger partial charge in [-0.05, 0) is 18.2 Å². The third-order valence-corrected chi connectivity index (χ3v) is 1.32. The zero-order chi connectivity index (χ0) is 10.9. The third kappa shape index (κ3) is 1.96. The second kappa shape index (κ2) is 3.05. The van der Waals surface area contributed by atoms with E-state index in [1.807, 2.05) is 0 Å². The molecule has 0 aliphatic rings. The number of rotatable bonds is 0. The van der Waals surface area contributed by atoms with Gasteiger partial charge in [0.15, 0.2) is 0 Å². The van der Waals surface area contributed by atoms with Gasteiger partial charge in [0.05, 0.1) is 18.6 Å². The highest BCUT2D eigenvalue weighted by atomic mass is 19.4. The minimum atomic E-state index is -4.82. The number of halogens is 4. The Hall–Kier alpha value is -1.57. The minimum Gasteiger partial charge on any atom is -0.207 e. The Morgan fingerprint density at radius 1 is 1.46 bits per heavy atom. The van der Waals surface area contributed by atoms with Crippen molar-refractivity contribution in [2.24, 2.45) is 0 Å². The summed E-state index contributed by atoms with van der Waals surface area (Å²) < 4.78 is 56.1. The maximum atomic E-state index is 12.5. The summed E-state index contributed by atoms with van der Waals surface area (Å²) in [6.07, 6.45) is -4.82. The first-order valence-corrected chi connectivity index (χ1v) is 3.13. The van der Waals surface area contributed by atoms with E-state index in [0.29, 0.717) is 6.07 Å². The van der Waals surface area contributed by atoms with Crippen molar-refractivity contribution in [1.29, 1.82) is 5.26 Å². The van der Waals surface area contributed by atoms with Crippen molar-refractivity contribution >= 4 is 0 Å². The molecule has 1 nitrogen and oxygen atoms in total. The van der Waals surface area contributed by atoms with E-state index in [1.165, 1.54) is 6.07 Å². The van der Waals surface area contributed by atoms with E-state index < -0.39 is 29.2 Å². The fourth-order valence-corrected chi connectivity index (χ4v) is 0.787.